The number of benzene rings is 1. The normalized spacial score (nSPS) is 12.8. The van der Waals surface area contributed by atoms with Gasteiger partial charge in [-0.2, -0.15) is 23.5 Å². The molecule has 1 amide bonds. The summed E-state index contributed by atoms with van der Waals surface area (Å²) in [5.41, 5.74) is 3.00. The van der Waals surface area contributed by atoms with Gasteiger partial charge in [0.1, 0.15) is 12.6 Å². The highest BCUT2D eigenvalue weighted by molar-refractivity contribution is 5.88. The van der Waals surface area contributed by atoms with Crippen molar-refractivity contribution in [2.45, 2.75) is 32.1 Å². The van der Waals surface area contributed by atoms with Crippen LogP contribution in [0.25, 0.3) is 21.8 Å². The van der Waals surface area contributed by atoms with Crippen molar-refractivity contribution in [1.29, 1.82) is 5.26 Å². The Morgan fingerprint density at radius 2 is 2.03 bits per heavy atom. The zero-order valence-electron chi connectivity index (χ0n) is 17.3. The quantitative estimate of drug-likeness (QED) is 0.512. The third-order valence-electron chi connectivity index (χ3n) is 5.24. The molecular formula is C22H19F3N6O. The summed E-state index contributed by atoms with van der Waals surface area (Å²) in [4.78, 5) is 16.8. The molecule has 1 atom stereocenters. The van der Waals surface area contributed by atoms with E-state index >= 15 is 0 Å². The van der Waals surface area contributed by atoms with Crippen molar-refractivity contribution in [2.75, 3.05) is 0 Å². The monoisotopic (exact) mass is 440 g/mol. The van der Waals surface area contributed by atoms with Gasteiger partial charge in [-0.25, -0.2) is 0 Å². The minimum Gasteiger partial charge on any atom is -0.349 e. The van der Waals surface area contributed by atoms with E-state index < -0.39 is 18.8 Å². The lowest BCUT2D eigenvalue weighted by Gasteiger charge is -2.14. The molecule has 7 nitrogen and oxygen atoms in total. The summed E-state index contributed by atoms with van der Waals surface area (Å²) < 4.78 is 40.7. The lowest BCUT2D eigenvalue weighted by atomic mass is 10.1. The van der Waals surface area contributed by atoms with Gasteiger partial charge in [-0.15, -0.1) is 0 Å². The van der Waals surface area contributed by atoms with Gasteiger partial charge >= 0.3 is 6.18 Å². The molecule has 0 spiro atoms. The second kappa shape index (κ2) is 8.00. The van der Waals surface area contributed by atoms with Crippen LogP contribution in [0.15, 0.2) is 42.9 Å². The van der Waals surface area contributed by atoms with Crippen molar-refractivity contribution in [3.05, 3.63) is 59.7 Å². The van der Waals surface area contributed by atoms with Crippen LogP contribution in [0, 0.1) is 11.3 Å². The van der Waals surface area contributed by atoms with Gasteiger partial charge < -0.3 is 9.88 Å². The third-order valence-corrected chi connectivity index (χ3v) is 5.24. The zero-order chi connectivity index (χ0) is 23.0. The number of rotatable bonds is 5. The summed E-state index contributed by atoms with van der Waals surface area (Å²) in [5, 5.41) is 17.2. The predicted molar refractivity (Wildman–Crippen MR) is 111 cm³/mol. The number of amides is 1. The molecule has 1 aromatic carbocycles. The van der Waals surface area contributed by atoms with E-state index in [1.54, 1.807) is 19.2 Å². The minimum absolute atomic E-state index is 0.117. The van der Waals surface area contributed by atoms with Gasteiger partial charge in [-0.3, -0.25) is 14.5 Å². The Morgan fingerprint density at radius 3 is 2.75 bits per heavy atom. The number of carbonyl (C=O) groups is 1. The molecule has 164 valence electrons. The number of halogens is 3. The number of pyridine rings is 1. The van der Waals surface area contributed by atoms with Crippen LogP contribution in [0.2, 0.25) is 0 Å². The highest BCUT2D eigenvalue weighted by Crippen LogP contribution is 2.24. The fourth-order valence-corrected chi connectivity index (χ4v) is 3.72. The fourth-order valence-electron chi connectivity index (χ4n) is 3.72. The Hall–Kier alpha value is -3.87. The Morgan fingerprint density at radius 1 is 1.25 bits per heavy atom. The van der Waals surface area contributed by atoms with Crippen LogP contribution in [0.1, 0.15) is 29.8 Å². The van der Waals surface area contributed by atoms with Crippen molar-refractivity contribution in [3.8, 4) is 6.07 Å². The van der Waals surface area contributed by atoms with Crippen molar-refractivity contribution in [3.63, 3.8) is 0 Å². The maximum absolute atomic E-state index is 12.7. The molecule has 3 aromatic heterocycles. The van der Waals surface area contributed by atoms with Crippen LogP contribution in [0.4, 0.5) is 13.2 Å². The molecule has 10 heteroatoms. The second-order valence-electron chi connectivity index (χ2n) is 7.67. The number of carbonyl (C=O) groups excluding carboxylic acids is 1. The number of fused-ring (bicyclic) bond motifs is 2. The Kier molecular flexibility index (Phi) is 5.34. The molecule has 0 unspecified atom stereocenters. The van der Waals surface area contributed by atoms with E-state index in [0.29, 0.717) is 16.6 Å². The first-order valence-electron chi connectivity index (χ1n) is 9.80. The smallest absolute Gasteiger partial charge is 0.349 e. The number of hydrogen-bond acceptors (Lipinski definition) is 4. The maximum atomic E-state index is 12.7. The number of nitrogens with zero attached hydrogens (tertiary/aromatic N) is 5. The van der Waals surface area contributed by atoms with Crippen LogP contribution >= 0.6 is 0 Å². The Labute approximate surface area is 181 Å². The topological polar surface area (TPSA) is 88.5 Å². The molecule has 0 fully saturated rings. The zero-order valence-corrected chi connectivity index (χ0v) is 17.3. The number of aromatic nitrogens is 4. The van der Waals surface area contributed by atoms with Crippen molar-refractivity contribution in [1.82, 2.24) is 24.6 Å². The molecular weight excluding hydrogens is 421 g/mol. The first-order valence-corrected chi connectivity index (χ1v) is 9.80. The molecule has 4 aromatic rings. The SMILES string of the molecule is C[C@@H](NC(=O)Cc1ccc2c(c1)c(C#N)cn2C)c1cc2cnn(CC(F)(F)F)c2cn1. The minimum atomic E-state index is -4.38. The summed E-state index contributed by atoms with van der Waals surface area (Å²) in [6.07, 6.45) is 0.165. The van der Waals surface area contributed by atoms with E-state index in [9.17, 15) is 23.2 Å². The second-order valence-corrected chi connectivity index (χ2v) is 7.67. The molecule has 0 saturated heterocycles. The third kappa shape index (κ3) is 4.27. The van der Waals surface area contributed by atoms with E-state index in [1.165, 1.54) is 12.4 Å². The molecule has 32 heavy (non-hydrogen) atoms. The molecule has 1 N–H and O–H groups in total. The van der Waals surface area contributed by atoms with Crippen molar-refractivity contribution >= 4 is 27.7 Å². The molecule has 0 aliphatic carbocycles. The predicted octanol–water partition coefficient (Wildman–Crippen LogP) is 3.78. The first-order chi connectivity index (χ1) is 15.1. The highest BCUT2D eigenvalue weighted by Gasteiger charge is 2.29. The molecule has 0 radical (unpaired) electrons. The lowest BCUT2D eigenvalue weighted by molar-refractivity contribution is -0.141. The first kappa shape index (κ1) is 21.4. The van der Waals surface area contributed by atoms with E-state index in [1.807, 2.05) is 29.8 Å². The molecule has 0 bridgehead atoms. The van der Waals surface area contributed by atoms with E-state index in [2.05, 4.69) is 21.5 Å². The number of nitriles is 1. The van der Waals surface area contributed by atoms with E-state index in [-0.39, 0.29) is 17.8 Å². The van der Waals surface area contributed by atoms with Gasteiger partial charge in [0, 0.05) is 29.5 Å². The van der Waals surface area contributed by atoms with Crippen LogP contribution in [0.3, 0.4) is 0 Å². The van der Waals surface area contributed by atoms with E-state index in [0.717, 1.165) is 21.1 Å². The molecule has 3 heterocycles. The maximum Gasteiger partial charge on any atom is 0.408 e. The Bertz CT molecular complexity index is 1360. The number of alkyl halides is 3. The van der Waals surface area contributed by atoms with Gasteiger partial charge in [0.15, 0.2) is 0 Å². The number of nitrogens with one attached hydrogen (secondary N) is 1. The summed E-state index contributed by atoms with van der Waals surface area (Å²) in [7, 11) is 1.86. The van der Waals surface area contributed by atoms with Gasteiger partial charge in [0.05, 0.1) is 41.6 Å². The van der Waals surface area contributed by atoms with Crippen LogP contribution in [0.5, 0.6) is 0 Å². The standard InChI is InChI=1S/C22H19F3N6O/c1-13(18-7-15-9-28-31(12-22(23,24)25)20(15)10-27-18)29-21(32)6-14-3-4-19-17(5-14)16(8-26)11-30(19)2/h3-5,7,9-11,13H,6,12H2,1-2H3,(H,29,32)/t13-/m1/s1. The summed E-state index contributed by atoms with van der Waals surface area (Å²) in [5.74, 6) is -0.235. The number of hydrogen-bond donors (Lipinski definition) is 1. The summed E-state index contributed by atoms with van der Waals surface area (Å²) >= 11 is 0. The average Bonchev–Trinajstić information content (AvgIpc) is 3.26. The molecule has 0 aliphatic heterocycles. The van der Waals surface area contributed by atoms with Crippen molar-refractivity contribution < 1.29 is 18.0 Å². The number of aryl methyl sites for hydroxylation is 1. The molecule has 0 saturated carbocycles. The van der Waals surface area contributed by atoms with Gasteiger partial charge in [-0.05, 0) is 30.7 Å². The average molecular weight is 440 g/mol. The highest BCUT2D eigenvalue weighted by atomic mass is 19.4. The van der Waals surface area contributed by atoms with Gasteiger partial charge in [-0.1, -0.05) is 6.07 Å². The summed E-state index contributed by atoms with van der Waals surface area (Å²) in [6, 6.07) is 8.87. The van der Waals surface area contributed by atoms with Crippen LogP contribution in [-0.4, -0.2) is 31.4 Å². The summed E-state index contributed by atoms with van der Waals surface area (Å²) in [6.45, 7) is 0.559. The van der Waals surface area contributed by atoms with Gasteiger partial charge in [0.25, 0.3) is 0 Å². The van der Waals surface area contributed by atoms with E-state index in [4.69, 9.17) is 0 Å². The van der Waals surface area contributed by atoms with Crippen molar-refractivity contribution in [2.24, 2.45) is 7.05 Å². The van der Waals surface area contributed by atoms with Crippen LogP contribution in [-0.2, 0) is 24.8 Å². The lowest BCUT2D eigenvalue weighted by Crippen LogP contribution is -2.28. The van der Waals surface area contributed by atoms with Crippen LogP contribution < -0.4 is 5.32 Å². The fraction of sp³-hybridized carbons (Fsp3) is 0.273. The largest absolute Gasteiger partial charge is 0.408 e. The molecule has 4 rings (SSSR count). The molecule has 0 aliphatic rings. The Balaban J connectivity index is 1.47. The van der Waals surface area contributed by atoms with Gasteiger partial charge in [0.2, 0.25) is 5.91 Å².